The van der Waals surface area contributed by atoms with E-state index in [0.717, 1.165) is 0 Å². The summed E-state index contributed by atoms with van der Waals surface area (Å²) in [4.78, 5) is -7.02. The fraction of sp³-hybridized carbons (Fsp3) is 1.00. The number of nitrogens with two attached hydrogens (primary N) is 1. The maximum absolute atomic E-state index is 11.9. The Morgan fingerprint density at radius 2 is 1.71 bits per heavy atom. The molecular formula is C11H21NO13S3. The molecule has 28 heavy (non-hydrogen) atoms. The van der Waals surface area contributed by atoms with Gasteiger partial charge in [-0.2, -0.15) is 8.42 Å². The van der Waals surface area contributed by atoms with Crippen molar-refractivity contribution in [2.75, 3.05) is 6.61 Å². The van der Waals surface area contributed by atoms with Crippen LogP contribution in [0, 0.1) is 0 Å². The van der Waals surface area contributed by atoms with Gasteiger partial charge in [0.1, 0.15) is 0 Å². The Morgan fingerprint density at radius 1 is 1.18 bits per heavy atom. The summed E-state index contributed by atoms with van der Waals surface area (Å²) >= 11 is 0. The summed E-state index contributed by atoms with van der Waals surface area (Å²) < 4.78 is 89.5. The van der Waals surface area contributed by atoms with Crippen molar-refractivity contribution in [1.82, 2.24) is 0 Å². The van der Waals surface area contributed by atoms with Gasteiger partial charge in [0.25, 0.3) is 5.79 Å². The van der Waals surface area contributed by atoms with Gasteiger partial charge in [0.2, 0.25) is 16.2 Å². The van der Waals surface area contributed by atoms with Crippen LogP contribution in [-0.4, -0.2) is 81.0 Å². The van der Waals surface area contributed by atoms with Gasteiger partial charge in [0, 0.05) is 0 Å². The quantitative estimate of drug-likeness (QED) is 0.153. The van der Waals surface area contributed by atoms with Crippen LogP contribution in [-0.2, 0) is 50.1 Å². The zero-order valence-electron chi connectivity index (χ0n) is 14.6. The molecule has 0 bridgehead atoms. The van der Waals surface area contributed by atoms with Gasteiger partial charge >= 0.3 is 10.3 Å². The second-order valence-electron chi connectivity index (χ2n) is 6.23. The van der Waals surface area contributed by atoms with Gasteiger partial charge in [-0.1, -0.05) is 13.8 Å². The number of thiol groups is 2. The van der Waals surface area contributed by atoms with Crippen LogP contribution in [0.5, 0.6) is 0 Å². The Kier molecular flexibility index (Phi) is 6.24. The average Bonchev–Trinajstić information content (AvgIpc) is 2.94. The second kappa shape index (κ2) is 7.34. The highest BCUT2D eigenvalue weighted by Crippen LogP contribution is 2.53. The van der Waals surface area contributed by atoms with E-state index in [2.05, 4.69) is 4.18 Å². The minimum Gasteiger partial charge on any atom is -0.370 e. The molecule has 2 rings (SSSR count). The van der Waals surface area contributed by atoms with Gasteiger partial charge in [-0.15, -0.1) is 0 Å². The fourth-order valence-corrected chi connectivity index (χ4v) is 5.31. The van der Waals surface area contributed by atoms with E-state index in [-0.39, 0.29) is 12.8 Å². The highest BCUT2D eigenvalue weighted by atomic mass is 32.2. The van der Waals surface area contributed by atoms with Crippen LogP contribution in [0.3, 0.4) is 0 Å². The highest BCUT2D eigenvalue weighted by Gasteiger charge is 2.79. The third-order valence-electron chi connectivity index (χ3n) is 4.72. The van der Waals surface area contributed by atoms with Crippen molar-refractivity contribution in [3.05, 3.63) is 0 Å². The molecular weight excluding hydrogens is 450 g/mol. The van der Waals surface area contributed by atoms with Crippen molar-refractivity contribution in [1.29, 1.82) is 0 Å². The molecule has 0 aliphatic carbocycles. The zero-order chi connectivity index (χ0) is 21.8. The molecule has 5 N–H and O–H groups in total. The molecule has 0 radical (unpaired) electrons. The summed E-state index contributed by atoms with van der Waals surface area (Å²) in [7, 11) is -13.1. The lowest BCUT2D eigenvalue weighted by atomic mass is 9.95. The van der Waals surface area contributed by atoms with E-state index in [9.17, 15) is 40.6 Å². The van der Waals surface area contributed by atoms with Gasteiger partial charge in [-0.3, -0.25) is 0 Å². The van der Waals surface area contributed by atoms with Crippen molar-refractivity contribution in [3.8, 4) is 0 Å². The zero-order valence-corrected chi connectivity index (χ0v) is 17.2. The molecule has 2 fully saturated rings. The molecule has 5 atom stereocenters. The molecule has 2 heterocycles. The van der Waals surface area contributed by atoms with E-state index in [1.165, 1.54) is 13.8 Å². The minimum atomic E-state index is -4.85. The predicted molar refractivity (Wildman–Crippen MR) is 88.7 cm³/mol. The largest absolute Gasteiger partial charge is 0.370 e. The molecule has 0 saturated carbocycles. The molecule has 17 heteroatoms. The predicted octanol–water partition coefficient (Wildman–Crippen LogP) is -4.22. The number of hydrogen-bond donors (Lipinski definition) is 6. The second-order valence-corrected chi connectivity index (χ2v) is 9.85. The summed E-state index contributed by atoms with van der Waals surface area (Å²) in [6.07, 6.45) is -5.21. The van der Waals surface area contributed by atoms with Crippen molar-refractivity contribution in [2.45, 2.75) is 60.5 Å². The lowest BCUT2D eigenvalue weighted by Gasteiger charge is -2.49. The van der Waals surface area contributed by atoms with Gasteiger partial charge in [0.05, 0.1) is 6.61 Å². The van der Waals surface area contributed by atoms with Crippen molar-refractivity contribution in [3.63, 3.8) is 0 Å². The Balaban J connectivity index is 2.75. The van der Waals surface area contributed by atoms with Crippen molar-refractivity contribution in [2.24, 2.45) is 5.14 Å². The fourth-order valence-electron chi connectivity index (χ4n) is 3.10. The lowest BCUT2D eigenvalue weighted by Crippen LogP contribution is -2.77. The van der Waals surface area contributed by atoms with Crippen LogP contribution in [0.4, 0.5) is 0 Å². The first kappa shape index (κ1) is 23.8. The normalized spacial score (nSPS) is 39.2. The molecule has 2 saturated heterocycles. The lowest BCUT2D eigenvalue weighted by molar-refractivity contribution is -0.368. The van der Waals surface area contributed by atoms with Crippen molar-refractivity contribution >= 4 is 31.7 Å². The number of ether oxygens (including phenoxy) is 3. The van der Waals surface area contributed by atoms with E-state index in [1.807, 2.05) is 0 Å². The smallest absolute Gasteiger partial charge is 0.335 e. The molecule has 166 valence electrons. The SMILES string of the molecule is CCC1(CC)O[C@@H]2[C@@](C(O)OS(N)(=O)=O)(OC[C@](O)([SH](=O)=O)[C@]2(O)[SH](=O)=O)O1. The third kappa shape index (κ3) is 3.37. The van der Waals surface area contributed by atoms with Gasteiger partial charge in [-0.25, -0.2) is 26.2 Å². The van der Waals surface area contributed by atoms with E-state index in [1.54, 1.807) is 0 Å². The minimum absolute atomic E-state index is 0.0408. The molecule has 1 unspecified atom stereocenters. The summed E-state index contributed by atoms with van der Waals surface area (Å²) in [5.74, 6) is -4.62. The summed E-state index contributed by atoms with van der Waals surface area (Å²) in [6.45, 7) is 1.57. The van der Waals surface area contributed by atoms with Crippen LogP contribution in [0.25, 0.3) is 0 Å². The highest BCUT2D eigenvalue weighted by molar-refractivity contribution is 7.84. The van der Waals surface area contributed by atoms with Gasteiger partial charge in [0.15, 0.2) is 33.3 Å². The van der Waals surface area contributed by atoms with Crippen LogP contribution in [0.15, 0.2) is 0 Å². The van der Waals surface area contributed by atoms with Crippen LogP contribution in [0.1, 0.15) is 26.7 Å². The maximum Gasteiger partial charge on any atom is 0.335 e. The van der Waals surface area contributed by atoms with Crippen LogP contribution < -0.4 is 5.14 Å². The molecule has 2 aliphatic rings. The molecule has 0 aromatic rings. The van der Waals surface area contributed by atoms with E-state index in [4.69, 9.17) is 19.3 Å². The van der Waals surface area contributed by atoms with E-state index < -0.39 is 72.2 Å². The standard InChI is InChI=1S/C11H21NO13S3/c1-3-8(4-2)23-6-10(25-8,7(13)24-28(12,20)21)22-5-9(14,26(16)17)11(6,15)27(18)19/h6-7,13-15,26-27H,3-5H2,1-2H3,(H2,12,20,21)/t6-,7?,9+,10-,11-/m1/s1. The molecule has 0 aromatic carbocycles. The summed E-state index contributed by atoms with van der Waals surface area (Å²) in [5.41, 5.74) is 0. The third-order valence-corrected chi connectivity index (χ3v) is 7.59. The summed E-state index contributed by atoms with van der Waals surface area (Å²) in [5, 5.41) is 36.1. The molecule has 14 nitrogen and oxygen atoms in total. The average molecular weight is 471 g/mol. The number of hydrogen-bond acceptors (Lipinski definition) is 13. The first-order valence-electron chi connectivity index (χ1n) is 7.79. The van der Waals surface area contributed by atoms with E-state index >= 15 is 0 Å². The Bertz CT molecular complexity index is 864. The van der Waals surface area contributed by atoms with Crippen molar-refractivity contribution < 1.29 is 59.0 Å². The molecule has 0 aromatic heterocycles. The first-order chi connectivity index (χ1) is 12.6. The molecule has 0 spiro atoms. The number of aliphatic hydroxyl groups excluding tert-OH is 1. The Hall–Kier alpha value is -0.470. The van der Waals surface area contributed by atoms with Crippen LogP contribution in [0.2, 0.25) is 0 Å². The van der Waals surface area contributed by atoms with Crippen LogP contribution >= 0.6 is 0 Å². The Labute approximate surface area is 163 Å². The number of aliphatic hydroxyl groups is 3. The first-order valence-corrected chi connectivity index (χ1v) is 11.6. The Morgan fingerprint density at radius 3 is 2.11 bits per heavy atom. The summed E-state index contributed by atoms with van der Waals surface area (Å²) in [6, 6.07) is 0. The number of fused-ring (bicyclic) bond motifs is 1. The van der Waals surface area contributed by atoms with E-state index in [0.29, 0.717) is 0 Å². The van der Waals surface area contributed by atoms with Gasteiger partial charge < -0.3 is 29.5 Å². The maximum atomic E-state index is 11.9. The molecule has 0 amide bonds. The van der Waals surface area contributed by atoms with Gasteiger partial charge in [-0.05, 0) is 12.8 Å². The monoisotopic (exact) mass is 471 g/mol. The molecule has 2 aliphatic heterocycles. The number of rotatable bonds is 7. The topological polar surface area (TPSA) is 226 Å².